The number of nitrogens with two attached hydrogens (primary N) is 1. The van der Waals surface area contributed by atoms with Gasteiger partial charge in [0.25, 0.3) is 0 Å². The van der Waals surface area contributed by atoms with Crippen LogP contribution in [-0.2, 0) is 0 Å². The molecule has 0 aliphatic rings. The summed E-state index contributed by atoms with van der Waals surface area (Å²) in [5.41, 5.74) is 9.29. The first-order valence-electron chi connectivity index (χ1n) is 7.14. The van der Waals surface area contributed by atoms with Gasteiger partial charge in [-0.15, -0.1) is 11.3 Å². The van der Waals surface area contributed by atoms with Gasteiger partial charge in [-0.2, -0.15) is 0 Å². The summed E-state index contributed by atoms with van der Waals surface area (Å²) >= 11 is 8.00. The average molecular weight is 324 g/mol. The molecule has 1 aromatic carbocycles. The molecular formula is C17H22ClNOS. The second-order valence-electron chi connectivity index (χ2n) is 5.60. The second-order valence-corrected chi connectivity index (χ2v) is 6.96. The van der Waals surface area contributed by atoms with Crippen LogP contribution in [-0.4, -0.2) is 6.54 Å². The lowest BCUT2D eigenvalue weighted by atomic mass is 10.0. The normalized spacial score (nSPS) is 12.7. The third-order valence-corrected chi connectivity index (χ3v) is 5.03. The molecule has 0 aliphatic carbocycles. The number of halogens is 1. The van der Waals surface area contributed by atoms with Crippen molar-refractivity contribution in [1.29, 1.82) is 0 Å². The van der Waals surface area contributed by atoms with E-state index in [2.05, 4.69) is 32.2 Å². The highest BCUT2D eigenvalue weighted by molar-refractivity contribution is 7.10. The van der Waals surface area contributed by atoms with Crippen molar-refractivity contribution in [1.82, 2.24) is 0 Å². The summed E-state index contributed by atoms with van der Waals surface area (Å²) in [6.45, 7) is 8.82. The Kier molecular flexibility index (Phi) is 5.31. The molecule has 1 unspecified atom stereocenters. The molecule has 1 aromatic heterocycles. The fourth-order valence-corrected chi connectivity index (χ4v) is 3.72. The van der Waals surface area contributed by atoms with Crippen molar-refractivity contribution in [3.8, 4) is 5.75 Å². The first kappa shape index (κ1) is 16.3. The zero-order valence-corrected chi connectivity index (χ0v) is 14.5. The quantitative estimate of drug-likeness (QED) is 0.818. The molecule has 0 bridgehead atoms. The van der Waals surface area contributed by atoms with Crippen LogP contribution in [0.2, 0.25) is 5.02 Å². The lowest BCUT2D eigenvalue weighted by molar-refractivity contribution is 0.215. The first-order valence-corrected chi connectivity index (χ1v) is 8.40. The number of hydrogen-bond donors (Lipinski definition) is 1. The molecular weight excluding hydrogens is 302 g/mol. The van der Waals surface area contributed by atoms with E-state index in [4.69, 9.17) is 22.1 Å². The maximum atomic E-state index is 6.31. The monoisotopic (exact) mass is 323 g/mol. The molecule has 1 atom stereocenters. The highest BCUT2D eigenvalue weighted by atomic mass is 35.5. The first-order chi connectivity index (χ1) is 9.93. The number of thiophene rings is 1. The van der Waals surface area contributed by atoms with Crippen molar-refractivity contribution in [3.63, 3.8) is 0 Å². The van der Waals surface area contributed by atoms with E-state index < -0.39 is 0 Å². The van der Waals surface area contributed by atoms with E-state index in [1.165, 1.54) is 10.4 Å². The van der Waals surface area contributed by atoms with E-state index in [0.717, 1.165) is 21.9 Å². The zero-order chi connectivity index (χ0) is 15.6. The lowest BCUT2D eigenvalue weighted by Gasteiger charge is -2.20. The largest absolute Gasteiger partial charge is 0.483 e. The van der Waals surface area contributed by atoms with Crippen LogP contribution in [0.1, 0.15) is 47.4 Å². The van der Waals surface area contributed by atoms with Crippen LogP contribution < -0.4 is 10.5 Å². The van der Waals surface area contributed by atoms with Crippen molar-refractivity contribution in [2.45, 2.75) is 39.7 Å². The van der Waals surface area contributed by atoms with Gasteiger partial charge in [-0.25, -0.2) is 0 Å². The van der Waals surface area contributed by atoms with Crippen LogP contribution in [0.3, 0.4) is 0 Å². The van der Waals surface area contributed by atoms with E-state index in [1.807, 2.05) is 19.1 Å². The van der Waals surface area contributed by atoms with E-state index in [0.29, 0.717) is 12.5 Å². The third-order valence-electron chi connectivity index (χ3n) is 3.59. The minimum absolute atomic E-state index is 0.107. The fraction of sp³-hybridized carbons (Fsp3) is 0.412. The van der Waals surface area contributed by atoms with Crippen LogP contribution in [0.4, 0.5) is 0 Å². The van der Waals surface area contributed by atoms with Crippen LogP contribution in [0.5, 0.6) is 5.75 Å². The topological polar surface area (TPSA) is 35.2 Å². The summed E-state index contributed by atoms with van der Waals surface area (Å²) in [5.74, 6) is 1.23. The molecule has 21 heavy (non-hydrogen) atoms. The minimum Gasteiger partial charge on any atom is -0.483 e. The molecule has 114 valence electrons. The summed E-state index contributed by atoms with van der Waals surface area (Å²) in [7, 11) is 0. The highest BCUT2D eigenvalue weighted by Gasteiger charge is 2.18. The Hall–Kier alpha value is -1.03. The summed E-state index contributed by atoms with van der Waals surface area (Å²) in [5, 5.41) is 2.87. The standard InChI is InChI=1S/C17H22ClNOS/c1-10(2)13-8-15(12(4)7-14(13)18)20-16(9-19)17-11(3)5-6-21-17/h5-8,10,16H,9,19H2,1-4H3. The maximum absolute atomic E-state index is 6.31. The van der Waals surface area contributed by atoms with Gasteiger partial charge in [0.15, 0.2) is 0 Å². The summed E-state index contributed by atoms with van der Waals surface area (Å²) in [6.07, 6.45) is -0.107. The SMILES string of the molecule is Cc1cc(Cl)c(C(C)C)cc1OC(CN)c1sccc1C. The van der Waals surface area contributed by atoms with Gasteiger partial charge in [0.2, 0.25) is 0 Å². The Morgan fingerprint density at radius 2 is 1.95 bits per heavy atom. The highest BCUT2D eigenvalue weighted by Crippen LogP contribution is 2.35. The van der Waals surface area contributed by atoms with E-state index >= 15 is 0 Å². The van der Waals surface area contributed by atoms with E-state index in [-0.39, 0.29) is 6.10 Å². The number of aryl methyl sites for hydroxylation is 2. The molecule has 2 N–H and O–H groups in total. The lowest BCUT2D eigenvalue weighted by Crippen LogP contribution is -2.18. The van der Waals surface area contributed by atoms with Crippen molar-refractivity contribution in [2.75, 3.05) is 6.54 Å². The molecule has 2 aromatic rings. The second kappa shape index (κ2) is 6.82. The van der Waals surface area contributed by atoms with Crippen molar-refractivity contribution >= 4 is 22.9 Å². The summed E-state index contributed by atoms with van der Waals surface area (Å²) in [6, 6.07) is 6.12. The van der Waals surface area contributed by atoms with Gasteiger partial charge in [-0.3, -0.25) is 0 Å². The van der Waals surface area contributed by atoms with Gasteiger partial charge in [-0.05, 0) is 60.0 Å². The number of hydrogen-bond acceptors (Lipinski definition) is 3. The average Bonchev–Trinajstić information content (AvgIpc) is 2.84. The third kappa shape index (κ3) is 3.60. The van der Waals surface area contributed by atoms with Crippen molar-refractivity contribution in [2.24, 2.45) is 5.73 Å². The van der Waals surface area contributed by atoms with Crippen LogP contribution in [0, 0.1) is 13.8 Å². The molecule has 2 rings (SSSR count). The van der Waals surface area contributed by atoms with E-state index in [1.54, 1.807) is 11.3 Å². The fourth-order valence-electron chi connectivity index (χ4n) is 2.31. The van der Waals surface area contributed by atoms with Crippen LogP contribution >= 0.6 is 22.9 Å². The van der Waals surface area contributed by atoms with Gasteiger partial charge in [-0.1, -0.05) is 25.4 Å². The Labute approximate surface area is 135 Å². The molecule has 0 aliphatic heterocycles. The Bertz CT molecular complexity index is 621. The van der Waals surface area contributed by atoms with E-state index in [9.17, 15) is 0 Å². The minimum atomic E-state index is -0.107. The predicted octanol–water partition coefficient (Wildman–Crippen LogP) is 5.22. The summed E-state index contributed by atoms with van der Waals surface area (Å²) in [4.78, 5) is 1.19. The predicted molar refractivity (Wildman–Crippen MR) is 91.8 cm³/mol. The van der Waals surface area contributed by atoms with Gasteiger partial charge in [0.05, 0.1) is 0 Å². The molecule has 0 saturated heterocycles. The number of ether oxygens (including phenoxy) is 1. The smallest absolute Gasteiger partial charge is 0.145 e. The molecule has 2 nitrogen and oxygen atoms in total. The summed E-state index contributed by atoms with van der Waals surface area (Å²) < 4.78 is 6.19. The van der Waals surface area contributed by atoms with Gasteiger partial charge < -0.3 is 10.5 Å². The number of rotatable bonds is 5. The van der Waals surface area contributed by atoms with Gasteiger partial charge in [0.1, 0.15) is 11.9 Å². The van der Waals surface area contributed by atoms with Gasteiger partial charge in [0, 0.05) is 16.4 Å². The van der Waals surface area contributed by atoms with Crippen molar-refractivity contribution < 1.29 is 4.74 Å². The molecule has 0 spiro atoms. The Balaban J connectivity index is 2.34. The van der Waals surface area contributed by atoms with Crippen LogP contribution in [0.25, 0.3) is 0 Å². The molecule has 1 heterocycles. The Morgan fingerprint density at radius 1 is 1.24 bits per heavy atom. The molecule has 4 heteroatoms. The number of benzene rings is 1. The molecule has 0 fully saturated rings. The van der Waals surface area contributed by atoms with Crippen molar-refractivity contribution in [3.05, 3.63) is 50.2 Å². The zero-order valence-electron chi connectivity index (χ0n) is 12.9. The Morgan fingerprint density at radius 3 is 2.48 bits per heavy atom. The molecule has 0 saturated carbocycles. The van der Waals surface area contributed by atoms with Crippen LogP contribution in [0.15, 0.2) is 23.6 Å². The van der Waals surface area contributed by atoms with Gasteiger partial charge >= 0.3 is 0 Å². The maximum Gasteiger partial charge on any atom is 0.145 e. The molecule has 0 radical (unpaired) electrons. The molecule has 0 amide bonds.